The molecule has 0 radical (unpaired) electrons. The maximum absolute atomic E-state index is 12.8. The number of alkyl halides is 3. The van der Waals surface area contributed by atoms with Crippen LogP contribution in [0.5, 0.6) is 0 Å². The number of aryl methyl sites for hydroxylation is 2. The zero-order valence-corrected chi connectivity index (χ0v) is 19.0. The van der Waals surface area contributed by atoms with E-state index in [4.69, 9.17) is 11.6 Å². The molecule has 1 saturated heterocycles. The van der Waals surface area contributed by atoms with E-state index in [1.165, 1.54) is 6.20 Å². The molecule has 33 heavy (non-hydrogen) atoms. The van der Waals surface area contributed by atoms with Gasteiger partial charge in [-0.1, -0.05) is 17.7 Å². The van der Waals surface area contributed by atoms with Crippen LogP contribution in [0.1, 0.15) is 41.7 Å². The van der Waals surface area contributed by atoms with Gasteiger partial charge in [-0.25, -0.2) is 4.98 Å². The number of likely N-dealkylation sites (tertiary alicyclic amines) is 1. The van der Waals surface area contributed by atoms with E-state index in [-0.39, 0.29) is 12.3 Å². The molecule has 1 aliphatic rings. The van der Waals surface area contributed by atoms with Crippen LogP contribution in [0.15, 0.2) is 42.7 Å². The Bertz CT molecular complexity index is 1150. The van der Waals surface area contributed by atoms with Crippen molar-refractivity contribution in [2.75, 3.05) is 13.1 Å². The zero-order valence-electron chi connectivity index (χ0n) is 18.2. The van der Waals surface area contributed by atoms with Gasteiger partial charge >= 0.3 is 6.18 Å². The topological polar surface area (TPSA) is 51.0 Å². The molecule has 174 valence electrons. The molecule has 0 atom stereocenters. The number of benzene rings is 1. The van der Waals surface area contributed by atoms with Crippen molar-refractivity contribution in [3.8, 4) is 22.6 Å². The number of carbonyl (C=O) groups excluding carboxylic acids is 1. The summed E-state index contributed by atoms with van der Waals surface area (Å²) in [6.07, 6.45) is 1.13. The Morgan fingerprint density at radius 3 is 2.58 bits per heavy atom. The van der Waals surface area contributed by atoms with Crippen molar-refractivity contribution in [3.05, 3.63) is 59.0 Å². The molecular formula is C24H24ClF3N4O. The number of hydrogen-bond acceptors (Lipinski definition) is 3. The van der Waals surface area contributed by atoms with Gasteiger partial charge in [0, 0.05) is 61.3 Å². The fraction of sp³-hybridized carbons (Fsp3) is 0.375. The lowest BCUT2D eigenvalue weighted by atomic mass is 10.1. The first-order chi connectivity index (χ1) is 15.7. The number of pyridine rings is 1. The molecule has 0 bridgehead atoms. The molecule has 0 aliphatic carbocycles. The Morgan fingerprint density at radius 2 is 1.88 bits per heavy atom. The SMILES string of the molecule is Cn1cc(-c2ccc(C(=O)N3CCCCC3)cc2Cl)nc1-c1ccnc(CCC(F)(F)F)c1. The Labute approximate surface area is 195 Å². The van der Waals surface area contributed by atoms with Gasteiger partial charge in [0.1, 0.15) is 5.82 Å². The monoisotopic (exact) mass is 476 g/mol. The lowest BCUT2D eigenvalue weighted by Crippen LogP contribution is -2.35. The molecule has 0 N–H and O–H groups in total. The summed E-state index contributed by atoms with van der Waals surface area (Å²) in [5.41, 5.74) is 2.87. The van der Waals surface area contributed by atoms with Crippen LogP contribution in [0.3, 0.4) is 0 Å². The van der Waals surface area contributed by atoms with Crippen LogP contribution in [-0.2, 0) is 13.5 Å². The molecular weight excluding hydrogens is 453 g/mol. The number of piperidine rings is 1. The van der Waals surface area contributed by atoms with Crippen LogP contribution >= 0.6 is 11.6 Å². The molecule has 3 aromatic rings. The quantitative estimate of drug-likeness (QED) is 0.459. The predicted octanol–water partition coefficient (Wildman–Crippen LogP) is 5.92. The van der Waals surface area contributed by atoms with Crippen LogP contribution in [0.25, 0.3) is 22.6 Å². The van der Waals surface area contributed by atoms with Gasteiger partial charge in [0.15, 0.2) is 0 Å². The van der Waals surface area contributed by atoms with Crippen LogP contribution in [0, 0.1) is 0 Å². The molecule has 1 aliphatic heterocycles. The molecule has 0 spiro atoms. The van der Waals surface area contributed by atoms with Crippen LogP contribution in [0.4, 0.5) is 13.2 Å². The molecule has 0 unspecified atom stereocenters. The second-order valence-electron chi connectivity index (χ2n) is 8.26. The van der Waals surface area contributed by atoms with Crippen LogP contribution in [0.2, 0.25) is 5.02 Å². The van der Waals surface area contributed by atoms with Gasteiger partial charge in [-0.05, 0) is 49.9 Å². The molecule has 0 saturated carbocycles. The summed E-state index contributed by atoms with van der Waals surface area (Å²) in [6, 6.07) is 8.55. The molecule has 1 amide bonds. The van der Waals surface area contributed by atoms with Gasteiger partial charge in [-0.15, -0.1) is 0 Å². The van der Waals surface area contributed by atoms with Crippen LogP contribution < -0.4 is 0 Å². The number of carbonyl (C=O) groups is 1. The second-order valence-corrected chi connectivity index (χ2v) is 8.67. The molecule has 3 heterocycles. The minimum absolute atomic E-state index is 0.0203. The van der Waals surface area contributed by atoms with E-state index in [0.717, 1.165) is 32.4 Å². The summed E-state index contributed by atoms with van der Waals surface area (Å²) in [6.45, 7) is 1.53. The first-order valence-corrected chi connectivity index (χ1v) is 11.2. The Balaban J connectivity index is 1.56. The van der Waals surface area contributed by atoms with Crippen molar-refractivity contribution in [1.29, 1.82) is 0 Å². The van der Waals surface area contributed by atoms with E-state index in [0.29, 0.717) is 38.9 Å². The van der Waals surface area contributed by atoms with Gasteiger partial charge in [0.05, 0.1) is 10.7 Å². The normalized spacial score (nSPS) is 14.5. The predicted molar refractivity (Wildman–Crippen MR) is 121 cm³/mol. The van der Waals surface area contributed by atoms with Crippen LogP contribution in [-0.4, -0.2) is 44.6 Å². The highest BCUT2D eigenvalue weighted by molar-refractivity contribution is 6.33. The summed E-state index contributed by atoms with van der Waals surface area (Å²) in [5.74, 6) is 0.568. The first kappa shape index (κ1) is 23.3. The maximum atomic E-state index is 12.8. The van der Waals surface area contributed by atoms with E-state index in [2.05, 4.69) is 9.97 Å². The fourth-order valence-corrected chi connectivity index (χ4v) is 4.30. The second kappa shape index (κ2) is 9.55. The highest BCUT2D eigenvalue weighted by Gasteiger charge is 2.27. The van der Waals surface area contributed by atoms with Crippen molar-refractivity contribution in [3.63, 3.8) is 0 Å². The summed E-state index contributed by atoms with van der Waals surface area (Å²) >= 11 is 6.53. The smallest absolute Gasteiger partial charge is 0.339 e. The van der Waals surface area contributed by atoms with E-state index >= 15 is 0 Å². The molecule has 1 aromatic carbocycles. The molecule has 5 nitrogen and oxygen atoms in total. The number of halogens is 4. The van der Waals surface area contributed by atoms with E-state index < -0.39 is 12.6 Å². The Morgan fingerprint density at radius 1 is 1.12 bits per heavy atom. The first-order valence-electron chi connectivity index (χ1n) is 10.9. The summed E-state index contributed by atoms with van der Waals surface area (Å²) in [5, 5.41) is 0.420. The lowest BCUT2D eigenvalue weighted by molar-refractivity contribution is -0.134. The third-order valence-electron chi connectivity index (χ3n) is 5.75. The van der Waals surface area contributed by atoms with Crippen molar-refractivity contribution in [1.82, 2.24) is 19.4 Å². The van der Waals surface area contributed by atoms with Gasteiger partial charge in [-0.3, -0.25) is 9.78 Å². The number of nitrogens with zero attached hydrogens (tertiary/aromatic N) is 4. The van der Waals surface area contributed by atoms with E-state index in [1.807, 2.05) is 11.9 Å². The standard InChI is InChI=1S/C24H24ClF3N4O/c1-31-15-21(30-22(31)16-8-10-29-18(13-16)7-9-24(26,27)28)19-6-5-17(14-20(19)25)23(33)32-11-3-2-4-12-32/h5-6,8,10,13-15H,2-4,7,9,11-12H2,1H3. The third-order valence-corrected chi connectivity index (χ3v) is 6.06. The van der Waals surface area contributed by atoms with Crippen molar-refractivity contribution in [2.45, 2.75) is 38.3 Å². The highest BCUT2D eigenvalue weighted by atomic mass is 35.5. The maximum Gasteiger partial charge on any atom is 0.389 e. The van der Waals surface area contributed by atoms with Gasteiger partial charge in [-0.2, -0.15) is 13.2 Å². The zero-order chi connectivity index (χ0) is 23.6. The Hall–Kier alpha value is -2.87. The molecule has 1 fully saturated rings. The number of hydrogen-bond donors (Lipinski definition) is 0. The fourth-order valence-electron chi connectivity index (χ4n) is 4.02. The summed E-state index contributed by atoms with van der Waals surface area (Å²) in [7, 11) is 1.81. The van der Waals surface area contributed by atoms with Gasteiger partial charge in [0.2, 0.25) is 0 Å². The lowest BCUT2D eigenvalue weighted by Gasteiger charge is -2.26. The molecule has 9 heteroatoms. The Kier molecular flexibility index (Phi) is 6.74. The number of imidazole rings is 1. The molecule has 2 aromatic heterocycles. The third kappa shape index (κ3) is 5.55. The highest BCUT2D eigenvalue weighted by Crippen LogP contribution is 2.31. The van der Waals surface area contributed by atoms with E-state index in [1.54, 1.807) is 41.1 Å². The van der Waals surface area contributed by atoms with Gasteiger partial charge in [0.25, 0.3) is 5.91 Å². The average molecular weight is 477 g/mol. The average Bonchev–Trinajstić information content (AvgIpc) is 3.18. The number of aromatic nitrogens is 3. The van der Waals surface area contributed by atoms with Crippen molar-refractivity contribution in [2.24, 2.45) is 7.05 Å². The van der Waals surface area contributed by atoms with Crippen molar-refractivity contribution < 1.29 is 18.0 Å². The minimum Gasteiger partial charge on any atom is -0.339 e. The largest absolute Gasteiger partial charge is 0.389 e. The summed E-state index contributed by atoms with van der Waals surface area (Å²) < 4.78 is 39.5. The van der Waals surface area contributed by atoms with Crippen molar-refractivity contribution >= 4 is 17.5 Å². The molecule has 4 rings (SSSR count). The number of amides is 1. The van der Waals surface area contributed by atoms with E-state index in [9.17, 15) is 18.0 Å². The minimum atomic E-state index is -4.23. The van der Waals surface area contributed by atoms with Gasteiger partial charge < -0.3 is 9.47 Å². The number of rotatable bonds is 5. The summed E-state index contributed by atoms with van der Waals surface area (Å²) in [4.78, 5) is 23.3.